The molecule has 2 rings (SSSR count). The Hall–Kier alpha value is -3.18. The molecule has 0 aliphatic heterocycles. The first-order valence-corrected chi connectivity index (χ1v) is 8.59. The van der Waals surface area contributed by atoms with Crippen molar-refractivity contribution in [1.82, 2.24) is 4.72 Å². The summed E-state index contributed by atoms with van der Waals surface area (Å²) in [5.41, 5.74) is -0.0302. The van der Waals surface area contributed by atoms with Gasteiger partial charge in [-0.05, 0) is 36.2 Å². The smallest absolute Gasteiger partial charge is 0.322 e. The maximum Gasteiger partial charge on any atom is 0.322 e. The maximum atomic E-state index is 12.3. The lowest BCUT2D eigenvalue weighted by molar-refractivity contribution is -0.384. The Morgan fingerprint density at radius 3 is 2.23 bits per heavy atom. The van der Waals surface area contributed by atoms with Gasteiger partial charge in [0, 0.05) is 12.1 Å². The number of nitrogens with one attached hydrogen (secondary N) is 1. The zero-order valence-corrected chi connectivity index (χ0v) is 13.9. The second-order valence-electron chi connectivity index (χ2n) is 5.29. The van der Waals surface area contributed by atoms with Gasteiger partial charge in [-0.2, -0.15) is 4.72 Å². The van der Waals surface area contributed by atoms with Gasteiger partial charge >= 0.3 is 5.97 Å². The summed E-state index contributed by atoms with van der Waals surface area (Å²) >= 11 is 0. The van der Waals surface area contributed by atoms with Crippen LogP contribution in [0.4, 0.5) is 5.69 Å². The number of aliphatic carboxylic acids is 1. The molecule has 0 spiro atoms. The Morgan fingerprint density at radius 2 is 1.73 bits per heavy atom. The van der Waals surface area contributed by atoms with Crippen molar-refractivity contribution in [1.29, 1.82) is 0 Å². The Labute approximate surface area is 147 Å². The molecule has 0 aliphatic rings. The number of hydrogen-bond donors (Lipinski definition) is 4. The van der Waals surface area contributed by atoms with Gasteiger partial charge in [0.25, 0.3) is 5.69 Å². The maximum absolute atomic E-state index is 12.3. The van der Waals surface area contributed by atoms with Crippen LogP contribution >= 0.6 is 0 Å². The van der Waals surface area contributed by atoms with Crippen molar-refractivity contribution in [2.45, 2.75) is 17.4 Å². The van der Waals surface area contributed by atoms with Crippen LogP contribution in [0.5, 0.6) is 11.5 Å². The van der Waals surface area contributed by atoms with Gasteiger partial charge in [-0.3, -0.25) is 14.9 Å². The zero-order valence-electron chi connectivity index (χ0n) is 13.1. The van der Waals surface area contributed by atoms with Gasteiger partial charge in [-0.1, -0.05) is 6.07 Å². The first-order chi connectivity index (χ1) is 12.1. The molecule has 1 atom stereocenters. The fourth-order valence-electron chi connectivity index (χ4n) is 2.11. The molecule has 10 nitrogen and oxygen atoms in total. The zero-order chi connectivity index (χ0) is 19.5. The van der Waals surface area contributed by atoms with Crippen LogP contribution in [0.15, 0.2) is 47.4 Å². The van der Waals surface area contributed by atoms with Crippen molar-refractivity contribution in [2.75, 3.05) is 0 Å². The molecule has 4 N–H and O–H groups in total. The number of carboxylic acids is 1. The molecule has 0 fully saturated rings. The van der Waals surface area contributed by atoms with E-state index in [9.17, 15) is 38.6 Å². The molecule has 0 bridgehead atoms. The molecule has 138 valence electrons. The van der Waals surface area contributed by atoms with E-state index in [0.717, 1.165) is 36.4 Å². The summed E-state index contributed by atoms with van der Waals surface area (Å²) in [5, 5.41) is 38.6. The normalized spacial score (nSPS) is 12.5. The number of phenols is 2. The third-order valence-electron chi connectivity index (χ3n) is 3.43. The molecule has 0 heterocycles. The minimum Gasteiger partial charge on any atom is -0.504 e. The van der Waals surface area contributed by atoms with Gasteiger partial charge in [-0.25, -0.2) is 8.42 Å². The van der Waals surface area contributed by atoms with Crippen LogP contribution in [0.3, 0.4) is 0 Å². The predicted molar refractivity (Wildman–Crippen MR) is 88.3 cm³/mol. The van der Waals surface area contributed by atoms with E-state index >= 15 is 0 Å². The van der Waals surface area contributed by atoms with Crippen LogP contribution in [0.25, 0.3) is 0 Å². The molecule has 2 aromatic carbocycles. The van der Waals surface area contributed by atoms with Crippen molar-refractivity contribution in [3.05, 3.63) is 58.1 Å². The molecule has 11 heteroatoms. The highest BCUT2D eigenvalue weighted by Gasteiger charge is 2.26. The van der Waals surface area contributed by atoms with Crippen LogP contribution in [0.2, 0.25) is 0 Å². The van der Waals surface area contributed by atoms with E-state index in [1.165, 1.54) is 6.07 Å². The number of non-ortho nitro benzene ring substituents is 1. The van der Waals surface area contributed by atoms with Crippen molar-refractivity contribution < 1.29 is 33.5 Å². The van der Waals surface area contributed by atoms with E-state index in [1.54, 1.807) is 0 Å². The molecule has 0 radical (unpaired) electrons. The number of phenolic OH excluding ortho intramolecular Hbond substituents is 2. The first-order valence-electron chi connectivity index (χ1n) is 7.10. The highest BCUT2D eigenvalue weighted by Crippen LogP contribution is 2.25. The Kier molecular flexibility index (Phi) is 5.43. The summed E-state index contributed by atoms with van der Waals surface area (Å²) in [7, 11) is -4.25. The molecular weight excluding hydrogens is 368 g/mol. The van der Waals surface area contributed by atoms with Crippen molar-refractivity contribution in [3.63, 3.8) is 0 Å². The van der Waals surface area contributed by atoms with E-state index in [4.69, 9.17) is 0 Å². The van der Waals surface area contributed by atoms with Gasteiger partial charge in [0.15, 0.2) is 11.5 Å². The summed E-state index contributed by atoms with van der Waals surface area (Å²) in [6, 6.07) is 6.01. The third kappa shape index (κ3) is 4.46. The lowest BCUT2D eigenvalue weighted by Crippen LogP contribution is -2.42. The summed E-state index contributed by atoms with van der Waals surface area (Å²) in [5.74, 6) is -2.32. The molecule has 2 aromatic rings. The number of carbonyl (C=O) groups is 1. The highest BCUT2D eigenvalue weighted by molar-refractivity contribution is 7.89. The lowest BCUT2D eigenvalue weighted by Gasteiger charge is -2.15. The Morgan fingerprint density at radius 1 is 1.12 bits per heavy atom. The minimum absolute atomic E-state index is 0.277. The molecule has 0 amide bonds. The number of rotatable bonds is 7. The van der Waals surface area contributed by atoms with Crippen molar-refractivity contribution in [2.24, 2.45) is 0 Å². The molecule has 0 saturated carbocycles. The fraction of sp³-hybridized carbons (Fsp3) is 0.133. The summed E-state index contributed by atoms with van der Waals surface area (Å²) in [4.78, 5) is 21.0. The van der Waals surface area contributed by atoms with Gasteiger partial charge in [0.05, 0.1) is 9.82 Å². The molecule has 0 aromatic heterocycles. The highest BCUT2D eigenvalue weighted by atomic mass is 32.2. The molecule has 0 aliphatic carbocycles. The summed E-state index contributed by atoms with van der Waals surface area (Å²) in [6.07, 6.45) is -0.296. The predicted octanol–water partition coefficient (Wildman–Crippen LogP) is 0.980. The minimum atomic E-state index is -4.25. The van der Waals surface area contributed by atoms with E-state index in [2.05, 4.69) is 0 Å². The SMILES string of the molecule is O=C(O)[C@@H](Cc1ccc(O)c(O)c1)NS(=O)(=O)c1ccc([N+](=O)[O-])cc1. The first kappa shape index (κ1) is 19.1. The van der Waals surface area contributed by atoms with Gasteiger partial charge in [-0.15, -0.1) is 0 Å². The topological polar surface area (TPSA) is 167 Å². The number of aromatic hydroxyl groups is 2. The standard InChI is InChI=1S/C15H14N2O8S/c18-13-6-1-9(8-14(13)19)7-12(15(20)21)16-26(24,25)11-4-2-10(3-5-11)17(22)23/h1-6,8,12,16,18-19H,7H2,(H,20,21)/t12-/m1/s1. The van der Waals surface area contributed by atoms with Crippen LogP contribution in [-0.4, -0.2) is 40.7 Å². The van der Waals surface area contributed by atoms with E-state index in [1.807, 2.05) is 4.72 Å². The number of benzene rings is 2. The molecule has 0 saturated heterocycles. The number of nitro benzene ring substituents is 1. The van der Waals surface area contributed by atoms with Gasteiger partial charge < -0.3 is 15.3 Å². The quantitative estimate of drug-likeness (QED) is 0.312. The largest absolute Gasteiger partial charge is 0.504 e. The molecule has 0 unspecified atom stereocenters. The van der Waals surface area contributed by atoms with Crippen LogP contribution in [-0.2, 0) is 21.2 Å². The molecule has 26 heavy (non-hydrogen) atoms. The second kappa shape index (κ2) is 7.37. The number of sulfonamides is 1. The summed E-state index contributed by atoms with van der Waals surface area (Å²) < 4.78 is 26.6. The van der Waals surface area contributed by atoms with Crippen LogP contribution in [0, 0.1) is 10.1 Å². The van der Waals surface area contributed by atoms with Crippen molar-refractivity contribution >= 4 is 21.7 Å². The Bertz CT molecular complexity index is 941. The summed E-state index contributed by atoms with van der Waals surface area (Å²) in [6.45, 7) is 0. The lowest BCUT2D eigenvalue weighted by atomic mass is 10.1. The fourth-order valence-corrected chi connectivity index (χ4v) is 3.30. The van der Waals surface area contributed by atoms with Crippen LogP contribution < -0.4 is 4.72 Å². The van der Waals surface area contributed by atoms with Gasteiger partial charge in [0.1, 0.15) is 6.04 Å². The van der Waals surface area contributed by atoms with Gasteiger partial charge in [0.2, 0.25) is 10.0 Å². The Balaban J connectivity index is 2.23. The van der Waals surface area contributed by atoms with E-state index < -0.39 is 38.5 Å². The van der Waals surface area contributed by atoms with Crippen molar-refractivity contribution in [3.8, 4) is 11.5 Å². The third-order valence-corrected chi connectivity index (χ3v) is 4.92. The number of hydrogen-bond acceptors (Lipinski definition) is 7. The van der Waals surface area contributed by atoms with E-state index in [-0.39, 0.29) is 22.6 Å². The second-order valence-corrected chi connectivity index (χ2v) is 7.00. The number of nitro groups is 1. The van der Waals surface area contributed by atoms with E-state index in [0.29, 0.717) is 0 Å². The number of carboxylic acid groups (broad SMARTS) is 1. The number of nitrogens with zero attached hydrogens (tertiary/aromatic N) is 1. The van der Waals surface area contributed by atoms with Crippen LogP contribution in [0.1, 0.15) is 5.56 Å². The monoisotopic (exact) mass is 382 g/mol. The molecular formula is C15H14N2O8S. The average molecular weight is 382 g/mol. The average Bonchev–Trinajstić information content (AvgIpc) is 2.57.